The summed E-state index contributed by atoms with van der Waals surface area (Å²) in [5, 5.41) is 9.17. The summed E-state index contributed by atoms with van der Waals surface area (Å²) in [5.74, 6) is -0.889. The van der Waals surface area contributed by atoms with Gasteiger partial charge in [-0.05, 0) is 37.1 Å². The highest BCUT2D eigenvalue weighted by atomic mass is 16.5. The van der Waals surface area contributed by atoms with Crippen molar-refractivity contribution < 1.29 is 14.6 Å². The van der Waals surface area contributed by atoms with Gasteiger partial charge in [0.2, 0.25) is 0 Å². The molecule has 3 rings (SSSR count). The molecule has 24 heavy (non-hydrogen) atoms. The van der Waals surface area contributed by atoms with E-state index >= 15 is 0 Å². The van der Waals surface area contributed by atoms with E-state index in [1.54, 1.807) is 18.2 Å². The van der Waals surface area contributed by atoms with Gasteiger partial charge in [-0.2, -0.15) is 0 Å². The first kappa shape index (κ1) is 16.7. The highest BCUT2D eigenvalue weighted by Gasteiger charge is 2.35. The molecule has 126 valence electrons. The fraction of sp³-hybridized carbons (Fsp3) is 0.350. The van der Waals surface area contributed by atoms with Gasteiger partial charge < -0.3 is 9.84 Å². The number of aromatic carboxylic acids is 1. The van der Waals surface area contributed by atoms with E-state index in [0.717, 1.165) is 12.1 Å². The van der Waals surface area contributed by atoms with E-state index in [0.29, 0.717) is 18.7 Å². The molecule has 1 aliphatic rings. The van der Waals surface area contributed by atoms with Crippen molar-refractivity contribution in [2.45, 2.75) is 32.0 Å². The average Bonchev–Trinajstić information content (AvgIpc) is 2.58. The summed E-state index contributed by atoms with van der Waals surface area (Å²) in [5.41, 5.74) is 2.43. The van der Waals surface area contributed by atoms with Gasteiger partial charge in [0.25, 0.3) is 0 Å². The summed E-state index contributed by atoms with van der Waals surface area (Å²) in [6, 6.07) is 17.4. The third kappa shape index (κ3) is 3.66. The Labute approximate surface area is 142 Å². The van der Waals surface area contributed by atoms with Crippen LogP contribution in [-0.4, -0.2) is 34.7 Å². The number of rotatable bonds is 4. The predicted octanol–water partition coefficient (Wildman–Crippen LogP) is 3.74. The zero-order valence-corrected chi connectivity index (χ0v) is 14.1. The average molecular weight is 325 g/mol. The first-order chi connectivity index (χ1) is 11.5. The SMILES string of the molecule is CC1(C)COC(c2ccccc2)CN1Cc1cccc(C(=O)O)c1. The first-order valence-corrected chi connectivity index (χ1v) is 8.19. The number of carboxylic acid groups (broad SMARTS) is 1. The molecule has 1 aliphatic heterocycles. The maximum absolute atomic E-state index is 11.2. The number of carbonyl (C=O) groups is 1. The molecule has 0 bridgehead atoms. The van der Waals surface area contributed by atoms with E-state index < -0.39 is 5.97 Å². The first-order valence-electron chi connectivity index (χ1n) is 8.19. The summed E-state index contributed by atoms with van der Waals surface area (Å²) >= 11 is 0. The van der Waals surface area contributed by atoms with Crippen LogP contribution in [0.5, 0.6) is 0 Å². The molecule has 1 unspecified atom stereocenters. The van der Waals surface area contributed by atoms with E-state index in [9.17, 15) is 9.90 Å². The Bertz CT molecular complexity index is 712. The monoisotopic (exact) mass is 325 g/mol. The largest absolute Gasteiger partial charge is 0.478 e. The second-order valence-electron chi connectivity index (χ2n) is 6.91. The summed E-state index contributed by atoms with van der Waals surface area (Å²) < 4.78 is 6.07. The van der Waals surface area contributed by atoms with Gasteiger partial charge in [-0.3, -0.25) is 4.90 Å². The number of carboxylic acids is 1. The third-order valence-corrected chi connectivity index (χ3v) is 4.60. The van der Waals surface area contributed by atoms with E-state index in [4.69, 9.17) is 4.74 Å². The van der Waals surface area contributed by atoms with Crippen LogP contribution in [0.4, 0.5) is 0 Å². The van der Waals surface area contributed by atoms with Crippen molar-refractivity contribution in [3.8, 4) is 0 Å². The molecule has 0 amide bonds. The van der Waals surface area contributed by atoms with Crippen LogP contribution >= 0.6 is 0 Å². The molecule has 1 heterocycles. The molecule has 0 radical (unpaired) electrons. The van der Waals surface area contributed by atoms with E-state index in [-0.39, 0.29) is 11.6 Å². The van der Waals surface area contributed by atoms with Crippen molar-refractivity contribution in [2.75, 3.05) is 13.2 Å². The second-order valence-corrected chi connectivity index (χ2v) is 6.91. The van der Waals surface area contributed by atoms with Crippen molar-refractivity contribution in [1.82, 2.24) is 4.90 Å². The third-order valence-electron chi connectivity index (χ3n) is 4.60. The molecule has 4 nitrogen and oxygen atoms in total. The molecule has 1 saturated heterocycles. The Hall–Kier alpha value is -2.17. The molecule has 0 saturated carbocycles. The molecule has 2 aromatic rings. The molecule has 2 aromatic carbocycles. The Morgan fingerprint density at radius 3 is 2.67 bits per heavy atom. The van der Waals surface area contributed by atoms with Gasteiger partial charge in [-0.15, -0.1) is 0 Å². The minimum atomic E-state index is -0.889. The molecule has 1 atom stereocenters. The molecule has 1 N–H and O–H groups in total. The van der Waals surface area contributed by atoms with Gasteiger partial charge in [0.05, 0.1) is 18.3 Å². The topological polar surface area (TPSA) is 49.8 Å². The number of morpholine rings is 1. The molecule has 0 spiro atoms. The molecule has 4 heteroatoms. The van der Waals surface area contributed by atoms with Gasteiger partial charge in [-0.25, -0.2) is 4.79 Å². The summed E-state index contributed by atoms with van der Waals surface area (Å²) in [4.78, 5) is 13.5. The van der Waals surface area contributed by atoms with Gasteiger partial charge >= 0.3 is 5.97 Å². The maximum atomic E-state index is 11.2. The van der Waals surface area contributed by atoms with Crippen molar-refractivity contribution >= 4 is 5.97 Å². The van der Waals surface area contributed by atoms with Crippen LogP contribution in [0.3, 0.4) is 0 Å². The predicted molar refractivity (Wildman–Crippen MR) is 93.0 cm³/mol. The Morgan fingerprint density at radius 1 is 1.21 bits per heavy atom. The number of hydrogen-bond donors (Lipinski definition) is 1. The number of ether oxygens (including phenoxy) is 1. The number of nitrogens with zero attached hydrogens (tertiary/aromatic N) is 1. The molecule has 0 aliphatic carbocycles. The minimum absolute atomic E-state index is 0.0434. The molecular formula is C20H23NO3. The van der Waals surface area contributed by atoms with Crippen LogP contribution in [-0.2, 0) is 11.3 Å². The van der Waals surface area contributed by atoms with Crippen LogP contribution in [0, 0.1) is 0 Å². The lowest BCUT2D eigenvalue weighted by Gasteiger charge is -2.45. The lowest BCUT2D eigenvalue weighted by atomic mass is 9.97. The highest BCUT2D eigenvalue weighted by molar-refractivity contribution is 5.87. The lowest BCUT2D eigenvalue weighted by Crippen LogP contribution is -2.53. The second kappa shape index (κ2) is 6.75. The standard InChI is InChI=1S/C20H23NO3/c1-20(2)14-24-18(16-8-4-3-5-9-16)13-21(20)12-15-7-6-10-17(11-15)19(22)23/h3-11,18H,12-14H2,1-2H3,(H,22,23). The lowest BCUT2D eigenvalue weighted by molar-refractivity contribution is -0.104. The Balaban J connectivity index is 1.79. The summed E-state index contributed by atoms with van der Waals surface area (Å²) in [6.07, 6.45) is 0.0434. The van der Waals surface area contributed by atoms with Gasteiger partial charge in [0, 0.05) is 18.6 Å². The van der Waals surface area contributed by atoms with Crippen LogP contribution in [0.15, 0.2) is 54.6 Å². The van der Waals surface area contributed by atoms with Gasteiger partial charge in [-0.1, -0.05) is 42.5 Å². The summed E-state index contributed by atoms with van der Waals surface area (Å²) in [7, 11) is 0. The van der Waals surface area contributed by atoms with Crippen molar-refractivity contribution in [1.29, 1.82) is 0 Å². The van der Waals surface area contributed by atoms with Crippen molar-refractivity contribution in [2.24, 2.45) is 0 Å². The smallest absolute Gasteiger partial charge is 0.335 e. The zero-order chi connectivity index (χ0) is 17.2. The molecule has 0 aromatic heterocycles. The van der Waals surface area contributed by atoms with Crippen LogP contribution in [0.25, 0.3) is 0 Å². The van der Waals surface area contributed by atoms with Crippen molar-refractivity contribution in [3.05, 3.63) is 71.3 Å². The number of hydrogen-bond acceptors (Lipinski definition) is 3. The highest BCUT2D eigenvalue weighted by Crippen LogP contribution is 2.31. The molecule has 1 fully saturated rings. The quantitative estimate of drug-likeness (QED) is 0.930. The minimum Gasteiger partial charge on any atom is -0.478 e. The van der Waals surface area contributed by atoms with E-state index in [2.05, 4.69) is 30.9 Å². The molecular weight excluding hydrogens is 302 g/mol. The van der Waals surface area contributed by atoms with Gasteiger partial charge in [0.1, 0.15) is 0 Å². The van der Waals surface area contributed by atoms with E-state index in [1.165, 1.54) is 5.56 Å². The maximum Gasteiger partial charge on any atom is 0.335 e. The Kier molecular flexibility index (Phi) is 4.69. The fourth-order valence-corrected chi connectivity index (χ4v) is 3.07. The zero-order valence-electron chi connectivity index (χ0n) is 14.1. The normalized spacial score (nSPS) is 20.7. The van der Waals surface area contributed by atoms with Crippen LogP contribution in [0.1, 0.15) is 41.4 Å². The van der Waals surface area contributed by atoms with Gasteiger partial charge in [0.15, 0.2) is 0 Å². The van der Waals surface area contributed by atoms with Crippen LogP contribution < -0.4 is 0 Å². The Morgan fingerprint density at radius 2 is 1.96 bits per heavy atom. The van der Waals surface area contributed by atoms with Crippen molar-refractivity contribution in [3.63, 3.8) is 0 Å². The van der Waals surface area contributed by atoms with E-state index in [1.807, 2.05) is 24.3 Å². The fourth-order valence-electron chi connectivity index (χ4n) is 3.07. The number of benzene rings is 2. The van der Waals surface area contributed by atoms with Crippen LogP contribution in [0.2, 0.25) is 0 Å². The summed E-state index contributed by atoms with van der Waals surface area (Å²) in [6.45, 7) is 6.46.